The smallest absolute Gasteiger partial charge is 0.0685 e. The molecule has 0 radical (unpaired) electrons. The molecular formula is C15H23NOS. The van der Waals surface area contributed by atoms with Gasteiger partial charge in [0.2, 0.25) is 0 Å². The molecule has 2 heterocycles. The van der Waals surface area contributed by atoms with Gasteiger partial charge < -0.3 is 10.1 Å². The standard InChI is InChI=1S/C15H23NOS/c1-9-7-11(18-10(9)2)8-16-13-12-5-6-17-14(12)15(13,3)4/h7,12-14,16H,5-6,8H2,1-4H3. The number of rotatable bonds is 3. The summed E-state index contributed by atoms with van der Waals surface area (Å²) in [5.74, 6) is 0.738. The molecule has 0 amide bonds. The van der Waals surface area contributed by atoms with Crippen molar-refractivity contribution in [3.05, 3.63) is 21.4 Å². The predicted octanol–water partition coefficient (Wildman–Crippen LogP) is 3.27. The molecule has 3 heteroatoms. The fourth-order valence-electron chi connectivity index (χ4n) is 3.69. The van der Waals surface area contributed by atoms with Crippen molar-refractivity contribution >= 4 is 11.3 Å². The number of fused-ring (bicyclic) bond motifs is 1. The third kappa shape index (κ3) is 1.84. The van der Waals surface area contributed by atoms with Crippen LogP contribution in [0.15, 0.2) is 6.07 Å². The van der Waals surface area contributed by atoms with Crippen molar-refractivity contribution in [3.63, 3.8) is 0 Å². The third-order valence-corrected chi connectivity index (χ3v) is 5.97. The van der Waals surface area contributed by atoms with E-state index >= 15 is 0 Å². The summed E-state index contributed by atoms with van der Waals surface area (Å²) in [4.78, 5) is 2.91. The van der Waals surface area contributed by atoms with Gasteiger partial charge in [0.25, 0.3) is 0 Å². The van der Waals surface area contributed by atoms with E-state index in [-0.39, 0.29) is 0 Å². The second-order valence-electron chi connectivity index (χ2n) is 6.38. The monoisotopic (exact) mass is 265 g/mol. The van der Waals surface area contributed by atoms with E-state index in [0.717, 1.165) is 19.1 Å². The maximum absolute atomic E-state index is 5.84. The molecular weight excluding hydrogens is 242 g/mol. The minimum absolute atomic E-state index is 0.294. The molecule has 1 saturated carbocycles. The fourth-order valence-corrected chi connectivity index (χ4v) is 4.69. The van der Waals surface area contributed by atoms with Crippen LogP contribution in [0.3, 0.4) is 0 Å². The molecule has 0 aromatic carbocycles. The van der Waals surface area contributed by atoms with Crippen LogP contribution in [0.5, 0.6) is 0 Å². The molecule has 3 unspecified atom stereocenters. The van der Waals surface area contributed by atoms with Gasteiger partial charge in [-0.25, -0.2) is 0 Å². The zero-order chi connectivity index (χ0) is 12.9. The van der Waals surface area contributed by atoms with Crippen LogP contribution in [0.4, 0.5) is 0 Å². The number of hydrogen-bond acceptors (Lipinski definition) is 3. The maximum Gasteiger partial charge on any atom is 0.0685 e. The van der Waals surface area contributed by atoms with Crippen LogP contribution < -0.4 is 5.32 Å². The molecule has 2 nitrogen and oxygen atoms in total. The highest BCUT2D eigenvalue weighted by Gasteiger charge is 2.58. The van der Waals surface area contributed by atoms with Gasteiger partial charge in [-0.15, -0.1) is 11.3 Å². The Hall–Kier alpha value is -0.380. The first kappa shape index (κ1) is 12.6. The first-order valence-corrected chi connectivity index (χ1v) is 7.72. The fraction of sp³-hybridized carbons (Fsp3) is 0.733. The zero-order valence-corrected chi connectivity index (χ0v) is 12.6. The summed E-state index contributed by atoms with van der Waals surface area (Å²) < 4.78 is 5.84. The molecule has 1 aromatic heterocycles. The minimum Gasteiger partial charge on any atom is -0.377 e. The molecule has 1 saturated heterocycles. The van der Waals surface area contributed by atoms with Gasteiger partial charge in [-0.1, -0.05) is 13.8 Å². The molecule has 100 valence electrons. The van der Waals surface area contributed by atoms with E-state index in [4.69, 9.17) is 4.74 Å². The van der Waals surface area contributed by atoms with Gasteiger partial charge in [0.15, 0.2) is 0 Å². The van der Waals surface area contributed by atoms with Crippen LogP contribution in [-0.4, -0.2) is 18.8 Å². The lowest BCUT2D eigenvalue weighted by atomic mass is 9.57. The topological polar surface area (TPSA) is 21.3 Å². The number of thiophene rings is 1. The van der Waals surface area contributed by atoms with Crippen LogP contribution in [0.25, 0.3) is 0 Å². The number of hydrogen-bond donors (Lipinski definition) is 1. The summed E-state index contributed by atoms with van der Waals surface area (Å²) in [6, 6.07) is 2.94. The summed E-state index contributed by atoms with van der Waals surface area (Å²) in [5, 5.41) is 3.77. The largest absolute Gasteiger partial charge is 0.377 e. The summed E-state index contributed by atoms with van der Waals surface area (Å²) in [5.41, 5.74) is 1.72. The SMILES string of the molecule is Cc1cc(CNC2C3CCOC3C2(C)C)sc1C. The molecule has 2 aliphatic rings. The molecule has 0 bridgehead atoms. The van der Waals surface area contributed by atoms with E-state index in [2.05, 4.69) is 39.1 Å². The molecule has 0 spiro atoms. The van der Waals surface area contributed by atoms with Gasteiger partial charge in [-0.3, -0.25) is 0 Å². The van der Waals surface area contributed by atoms with Gasteiger partial charge in [0, 0.05) is 40.3 Å². The number of ether oxygens (including phenoxy) is 1. The predicted molar refractivity (Wildman–Crippen MR) is 76.0 cm³/mol. The van der Waals surface area contributed by atoms with E-state index in [1.165, 1.54) is 21.7 Å². The second-order valence-corrected chi connectivity index (χ2v) is 7.72. The average Bonchev–Trinajstić information content (AvgIpc) is 2.86. The van der Waals surface area contributed by atoms with Crippen LogP contribution in [-0.2, 0) is 11.3 Å². The zero-order valence-electron chi connectivity index (χ0n) is 11.7. The van der Waals surface area contributed by atoms with Crippen molar-refractivity contribution in [2.45, 2.75) is 52.8 Å². The van der Waals surface area contributed by atoms with Crippen molar-refractivity contribution in [3.8, 4) is 0 Å². The van der Waals surface area contributed by atoms with E-state index < -0.39 is 0 Å². The average molecular weight is 265 g/mol. The molecule has 18 heavy (non-hydrogen) atoms. The quantitative estimate of drug-likeness (QED) is 0.905. The Morgan fingerprint density at radius 3 is 2.89 bits per heavy atom. The van der Waals surface area contributed by atoms with E-state index in [0.29, 0.717) is 17.6 Å². The van der Waals surface area contributed by atoms with Gasteiger partial charge in [-0.05, 0) is 31.9 Å². The highest BCUT2D eigenvalue weighted by atomic mass is 32.1. The summed E-state index contributed by atoms with van der Waals surface area (Å²) in [6.45, 7) is 11.0. The molecule has 1 N–H and O–H groups in total. The lowest BCUT2D eigenvalue weighted by Crippen LogP contribution is -2.65. The van der Waals surface area contributed by atoms with E-state index in [9.17, 15) is 0 Å². The first-order valence-electron chi connectivity index (χ1n) is 6.91. The van der Waals surface area contributed by atoms with Crippen molar-refractivity contribution in [2.24, 2.45) is 11.3 Å². The van der Waals surface area contributed by atoms with Gasteiger partial charge in [0.1, 0.15) is 0 Å². The second kappa shape index (κ2) is 4.32. The van der Waals surface area contributed by atoms with Crippen molar-refractivity contribution in [1.29, 1.82) is 0 Å². The lowest BCUT2D eigenvalue weighted by molar-refractivity contribution is -0.112. The van der Waals surface area contributed by atoms with Gasteiger partial charge >= 0.3 is 0 Å². The van der Waals surface area contributed by atoms with Crippen LogP contribution >= 0.6 is 11.3 Å². The van der Waals surface area contributed by atoms with Crippen molar-refractivity contribution in [2.75, 3.05) is 6.61 Å². The summed E-state index contributed by atoms with van der Waals surface area (Å²) >= 11 is 1.92. The van der Waals surface area contributed by atoms with Crippen molar-refractivity contribution in [1.82, 2.24) is 5.32 Å². The summed E-state index contributed by atoms with van der Waals surface area (Å²) in [7, 11) is 0. The van der Waals surface area contributed by atoms with E-state index in [1.807, 2.05) is 11.3 Å². The number of aryl methyl sites for hydroxylation is 2. The van der Waals surface area contributed by atoms with E-state index in [1.54, 1.807) is 0 Å². The van der Waals surface area contributed by atoms with Gasteiger partial charge in [0.05, 0.1) is 6.10 Å². The normalized spacial score (nSPS) is 33.2. The highest BCUT2D eigenvalue weighted by molar-refractivity contribution is 7.12. The molecule has 3 rings (SSSR count). The third-order valence-electron chi connectivity index (χ3n) is 4.81. The summed E-state index contributed by atoms with van der Waals surface area (Å²) in [6.07, 6.45) is 1.72. The Labute approximate surface area is 114 Å². The molecule has 1 aliphatic heterocycles. The van der Waals surface area contributed by atoms with Crippen molar-refractivity contribution < 1.29 is 4.74 Å². The van der Waals surface area contributed by atoms with Crippen LogP contribution in [0, 0.1) is 25.2 Å². The lowest BCUT2D eigenvalue weighted by Gasteiger charge is -2.55. The van der Waals surface area contributed by atoms with Crippen LogP contribution in [0.2, 0.25) is 0 Å². The Kier molecular flexibility index (Phi) is 3.04. The van der Waals surface area contributed by atoms with Gasteiger partial charge in [-0.2, -0.15) is 0 Å². The van der Waals surface area contributed by atoms with Crippen LogP contribution in [0.1, 0.15) is 35.6 Å². The maximum atomic E-state index is 5.84. The Morgan fingerprint density at radius 1 is 1.44 bits per heavy atom. The molecule has 2 fully saturated rings. The Morgan fingerprint density at radius 2 is 2.22 bits per heavy atom. The first-order chi connectivity index (χ1) is 8.50. The minimum atomic E-state index is 0.294. The molecule has 3 atom stereocenters. The Balaban J connectivity index is 1.63. The Bertz CT molecular complexity index is 432. The molecule has 1 aliphatic carbocycles. The number of nitrogens with one attached hydrogen (secondary N) is 1. The molecule has 1 aromatic rings. The highest BCUT2D eigenvalue weighted by Crippen LogP contribution is 2.52.